The van der Waals surface area contributed by atoms with Crippen LogP contribution in [0.3, 0.4) is 0 Å². The number of benzene rings is 2. The highest BCUT2D eigenvalue weighted by Crippen LogP contribution is 2.44. The SMILES string of the molecule is CS(=O)(=O)NCCCNC(=O)C(CC(=O)O)NC(=O)OCC1c2ccccc2-c2ccccc21. The molecule has 11 heteroatoms. The highest BCUT2D eigenvalue weighted by atomic mass is 32.2. The number of carboxylic acids is 1. The highest BCUT2D eigenvalue weighted by molar-refractivity contribution is 7.88. The van der Waals surface area contributed by atoms with Gasteiger partial charge < -0.3 is 20.5 Å². The van der Waals surface area contributed by atoms with Crippen molar-refractivity contribution < 1.29 is 32.6 Å². The molecule has 0 bridgehead atoms. The molecule has 1 unspecified atom stereocenters. The maximum atomic E-state index is 12.4. The monoisotopic (exact) mass is 489 g/mol. The number of fused-ring (bicyclic) bond motifs is 3. The van der Waals surface area contributed by atoms with Crippen LogP contribution in [0, 0.1) is 0 Å². The smallest absolute Gasteiger partial charge is 0.407 e. The lowest BCUT2D eigenvalue weighted by Crippen LogP contribution is -2.48. The van der Waals surface area contributed by atoms with Crippen LogP contribution in [0.4, 0.5) is 4.79 Å². The van der Waals surface area contributed by atoms with Gasteiger partial charge in [-0.3, -0.25) is 9.59 Å². The fraction of sp³-hybridized carbons (Fsp3) is 0.348. The summed E-state index contributed by atoms with van der Waals surface area (Å²) in [4.78, 5) is 36.0. The number of rotatable bonds is 11. The lowest BCUT2D eigenvalue weighted by Gasteiger charge is -2.18. The van der Waals surface area contributed by atoms with Crippen molar-refractivity contribution in [3.63, 3.8) is 0 Å². The zero-order valence-electron chi connectivity index (χ0n) is 18.6. The van der Waals surface area contributed by atoms with Crippen molar-refractivity contribution in [2.75, 3.05) is 26.0 Å². The highest BCUT2D eigenvalue weighted by Gasteiger charge is 2.30. The number of hydrogen-bond donors (Lipinski definition) is 4. The molecule has 0 spiro atoms. The first-order chi connectivity index (χ1) is 16.2. The molecule has 1 aliphatic rings. The summed E-state index contributed by atoms with van der Waals surface area (Å²) in [6.07, 6.45) is -0.212. The molecule has 0 saturated heterocycles. The standard InChI is InChI=1S/C23H27N3O7S/c1-34(31,32)25-12-6-11-24-22(29)20(13-21(27)28)26-23(30)33-14-19-17-9-4-2-7-15(17)16-8-3-5-10-18(16)19/h2-5,7-10,19-20,25H,6,11-14H2,1H3,(H,24,29)(H,26,30)(H,27,28). The van der Waals surface area contributed by atoms with Crippen molar-refractivity contribution >= 4 is 28.0 Å². The lowest BCUT2D eigenvalue weighted by molar-refractivity contribution is -0.139. The van der Waals surface area contributed by atoms with E-state index in [9.17, 15) is 22.8 Å². The molecule has 0 aliphatic heterocycles. The Labute approximate surface area is 197 Å². The van der Waals surface area contributed by atoms with Gasteiger partial charge in [-0.1, -0.05) is 48.5 Å². The van der Waals surface area contributed by atoms with Gasteiger partial charge in [-0.05, 0) is 28.7 Å². The molecule has 10 nitrogen and oxygen atoms in total. The van der Waals surface area contributed by atoms with Crippen LogP contribution in [-0.2, 0) is 24.3 Å². The minimum atomic E-state index is -3.34. The van der Waals surface area contributed by atoms with Crippen LogP contribution in [0.1, 0.15) is 29.9 Å². The summed E-state index contributed by atoms with van der Waals surface area (Å²) in [5.41, 5.74) is 4.19. The Morgan fingerprint density at radius 3 is 2.15 bits per heavy atom. The minimum Gasteiger partial charge on any atom is -0.481 e. The molecule has 4 N–H and O–H groups in total. The van der Waals surface area contributed by atoms with Crippen LogP contribution in [-0.4, -0.2) is 63.5 Å². The largest absolute Gasteiger partial charge is 0.481 e. The van der Waals surface area contributed by atoms with Crippen LogP contribution >= 0.6 is 0 Å². The fourth-order valence-electron chi connectivity index (χ4n) is 3.85. The van der Waals surface area contributed by atoms with E-state index in [0.717, 1.165) is 28.5 Å². The van der Waals surface area contributed by atoms with Crippen molar-refractivity contribution in [1.82, 2.24) is 15.4 Å². The van der Waals surface area contributed by atoms with Crippen LogP contribution in [0.2, 0.25) is 0 Å². The number of alkyl carbamates (subject to hydrolysis) is 1. The van der Waals surface area contributed by atoms with Gasteiger partial charge in [0.25, 0.3) is 0 Å². The third kappa shape index (κ3) is 6.78. The Morgan fingerprint density at radius 2 is 1.59 bits per heavy atom. The van der Waals surface area contributed by atoms with E-state index in [1.54, 1.807) is 0 Å². The first-order valence-corrected chi connectivity index (χ1v) is 12.6. The van der Waals surface area contributed by atoms with Gasteiger partial charge in [-0.2, -0.15) is 0 Å². The second kappa shape index (κ2) is 11.1. The molecule has 0 fully saturated rings. The summed E-state index contributed by atoms with van der Waals surface area (Å²) >= 11 is 0. The van der Waals surface area contributed by atoms with Gasteiger partial charge in [-0.15, -0.1) is 0 Å². The average molecular weight is 490 g/mol. The second-order valence-electron chi connectivity index (χ2n) is 7.93. The third-order valence-corrected chi connectivity index (χ3v) is 6.08. The number of carboxylic acid groups (broad SMARTS) is 1. The number of aliphatic carboxylic acids is 1. The number of sulfonamides is 1. The summed E-state index contributed by atoms with van der Waals surface area (Å²) in [5, 5.41) is 13.9. The van der Waals surface area contributed by atoms with E-state index in [0.29, 0.717) is 6.42 Å². The molecular weight excluding hydrogens is 462 g/mol. The first-order valence-electron chi connectivity index (χ1n) is 10.7. The molecule has 2 aromatic carbocycles. The molecule has 1 atom stereocenters. The minimum absolute atomic E-state index is 0.0262. The Kier molecular flexibility index (Phi) is 8.24. The third-order valence-electron chi connectivity index (χ3n) is 5.35. The maximum Gasteiger partial charge on any atom is 0.407 e. The lowest BCUT2D eigenvalue weighted by atomic mass is 9.98. The zero-order valence-corrected chi connectivity index (χ0v) is 19.4. The Morgan fingerprint density at radius 1 is 1.00 bits per heavy atom. The second-order valence-corrected chi connectivity index (χ2v) is 9.76. The van der Waals surface area contributed by atoms with Crippen LogP contribution in [0.15, 0.2) is 48.5 Å². The topological polar surface area (TPSA) is 151 Å². The number of nitrogens with one attached hydrogen (secondary N) is 3. The van der Waals surface area contributed by atoms with Gasteiger partial charge in [0, 0.05) is 19.0 Å². The molecular formula is C23H27N3O7S. The van der Waals surface area contributed by atoms with Crippen LogP contribution in [0.5, 0.6) is 0 Å². The van der Waals surface area contributed by atoms with Gasteiger partial charge in [0.2, 0.25) is 15.9 Å². The van der Waals surface area contributed by atoms with E-state index in [2.05, 4.69) is 15.4 Å². The summed E-state index contributed by atoms with van der Waals surface area (Å²) in [6.45, 7) is 0.241. The van der Waals surface area contributed by atoms with Crippen molar-refractivity contribution in [1.29, 1.82) is 0 Å². The van der Waals surface area contributed by atoms with E-state index < -0.39 is 40.5 Å². The number of ether oxygens (including phenoxy) is 1. The number of carbonyl (C=O) groups excluding carboxylic acids is 2. The Bertz CT molecular complexity index is 1120. The Balaban J connectivity index is 1.56. The van der Waals surface area contributed by atoms with E-state index in [4.69, 9.17) is 9.84 Å². The fourth-order valence-corrected chi connectivity index (χ4v) is 4.36. The summed E-state index contributed by atoms with van der Waals surface area (Å²) in [7, 11) is -3.34. The predicted molar refractivity (Wildman–Crippen MR) is 125 cm³/mol. The molecule has 0 aromatic heterocycles. The molecule has 182 valence electrons. The molecule has 0 radical (unpaired) electrons. The van der Waals surface area contributed by atoms with Gasteiger partial charge in [0.15, 0.2) is 0 Å². The summed E-state index contributed by atoms with van der Waals surface area (Å²) in [6, 6.07) is 14.3. The molecule has 0 heterocycles. The maximum absolute atomic E-state index is 12.4. The molecule has 3 rings (SSSR count). The summed E-state index contributed by atoms with van der Waals surface area (Å²) in [5.74, 6) is -2.14. The Hall–Kier alpha value is -3.44. The predicted octanol–water partition coefficient (Wildman–Crippen LogP) is 1.42. The van der Waals surface area contributed by atoms with Gasteiger partial charge in [0.1, 0.15) is 12.6 Å². The van der Waals surface area contributed by atoms with E-state index in [1.807, 2.05) is 48.5 Å². The van der Waals surface area contributed by atoms with E-state index in [-0.39, 0.29) is 25.6 Å². The van der Waals surface area contributed by atoms with Gasteiger partial charge >= 0.3 is 12.1 Å². The average Bonchev–Trinajstić information content (AvgIpc) is 3.09. The number of carbonyl (C=O) groups is 3. The van der Waals surface area contributed by atoms with Gasteiger partial charge in [-0.25, -0.2) is 17.9 Å². The summed E-state index contributed by atoms with van der Waals surface area (Å²) < 4.78 is 29.8. The molecule has 2 amide bonds. The van der Waals surface area contributed by atoms with E-state index in [1.165, 1.54) is 0 Å². The van der Waals surface area contributed by atoms with Crippen molar-refractivity contribution in [3.05, 3.63) is 59.7 Å². The quantitative estimate of drug-likeness (QED) is 0.349. The van der Waals surface area contributed by atoms with Gasteiger partial charge in [0.05, 0.1) is 12.7 Å². The molecule has 1 aliphatic carbocycles. The van der Waals surface area contributed by atoms with Crippen molar-refractivity contribution in [3.8, 4) is 11.1 Å². The molecule has 0 saturated carbocycles. The normalized spacial score (nSPS) is 13.4. The first kappa shape index (κ1) is 25.2. The molecule has 2 aromatic rings. The zero-order chi connectivity index (χ0) is 24.7. The number of hydrogen-bond acceptors (Lipinski definition) is 6. The van der Waals surface area contributed by atoms with E-state index >= 15 is 0 Å². The number of amides is 2. The van der Waals surface area contributed by atoms with Crippen LogP contribution < -0.4 is 15.4 Å². The molecule has 34 heavy (non-hydrogen) atoms. The van der Waals surface area contributed by atoms with Crippen LogP contribution in [0.25, 0.3) is 11.1 Å². The van der Waals surface area contributed by atoms with Crippen molar-refractivity contribution in [2.24, 2.45) is 0 Å². The van der Waals surface area contributed by atoms with Crippen molar-refractivity contribution in [2.45, 2.75) is 24.8 Å².